The van der Waals surface area contributed by atoms with Crippen LogP contribution in [0.2, 0.25) is 0 Å². The molecule has 2 saturated heterocycles. The molecule has 5 nitrogen and oxygen atoms in total. The van der Waals surface area contributed by atoms with E-state index in [1.165, 1.54) is 0 Å². The first kappa shape index (κ1) is 15.8. The van der Waals surface area contributed by atoms with Gasteiger partial charge in [0.15, 0.2) is 0 Å². The molecule has 2 aliphatic heterocycles. The van der Waals surface area contributed by atoms with Crippen molar-refractivity contribution in [2.24, 2.45) is 5.92 Å². The summed E-state index contributed by atoms with van der Waals surface area (Å²) in [5, 5.41) is 0. The van der Waals surface area contributed by atoms with Crippen LogP contribution in [0.15, 0.2) is 24.3 Å². The molecule has 2 unspecified atom stereocenters. The second-order valence-corrected chi connectivity index (χ2v) is 6.45. The Morgan fingerprint density at radius 1 is 1.43 bits per heavy atom. The van der Waals surface area contributed by atoms with E-state index in [1.807, 2.05) is 31.2 Å². The lowest BCUT2D eigenvalue weighted by molar-refractivity contribution is -0.157. The molecule has 23 heavy (non-hydrogen) atoms. The van der Waals surface area contributed by atoms with Crippen LogP contribution in [0, 0.1) is 12.8 Å². The van der Waals surface area contributed by atoms with Crippen LogP contribution < -0.4 is 4.74 Å². The lowest BCUT2D eigenvalue weighted by atomic mass is 9.90. The number of aryl methyl sites for hydroxylation is 1. The van der Waals surface area contributed by atoms with Crippen molar-refractivity contribution in [3.63, 3.8) is 0 Å². The van der Waals surface area contributed by atoms with Gasteiger partial charge >= 0.3 is 5.97 Å². The Kier molecular flexibility index (Phi) is 4.28. The highest BCUT2D eigenvalue weighted by Crippen LogP contribution is 2.43. The van der Waals surface area contributed by atoms with E-state index in [9.17, 15) is 9.59 Å². The summed E-state index contributed by atoms with van der Waals surface area (Å²) in [6, 6.07) is 7.89. The number of nitrogens with zero attached hydrogens (tertiary/aromatic N) is 1. The molecule has 1 aromatic rings. The van der Waals surface area contributed by atoms with Crippen molar-refractivity contribution >= 4 is 11.9 Å². The normalized spacial score (nSPS) is 26.3. The molecule has 0 N–H and O–H groups in total. The fraction of sp³-hybridized carbons (Fsp3) is 0.556. The lowest BCUT2D eigenvalue weighted by Crippen LogP contribution is -2.48. The highest BCUT2D eigenvalue weighted by Gasteiger charge is 2.57. The standard InChI is InChI=1S/C18H23NO4/c1-3-22-17(21)18-8-7-16(20)19(18)11-14(10-18)12-23-15-6-4-5-13(2)9-15/h4-6,9,14H,3,7-8,10-12H2,1-2H3. The van der Waals surface area contributed by atoms with E-state index in [1.54, 1.807) is 11.8 Å². The van der Waals surface area contributed by atoms with Crippen molar-refractivity contribution in [1.29, 1.82) is 0 Å². The van der Waals surface area contributed by atoms with Crippen molar-refractivity contribution in [1.82, 2.24) is 4.90 Å². The summed E-state index contributed by atoms with van der Waals surface area (Å²) in [7, 11) is 0. The van der Waals surface area contributed by atoms with Gasteiger partial charge in [0.1, 0.15) is 11.3 Å². The van der Waals surface area contributed by atoms with Crippen LogP contribution in [0.3, 0.4) is 0 Å². The zero-order valence-electron chi connectivity index (χ0n) is 13.7. The van der Waals surface area contributed by atoms with Gasteiger partial charge in [0.2, 0.25) is 5.91 Å². The van der Waals surface area contributed by atoms with E-state index in [2.05, 4.69) is 0 Å². The van der Waals surface area contributed by atoms with Crippen LogP contribution in [-0.4, -0.2) is 42.1 Å². The maximum Gasteiger partial charge on any atom is 0.332 e. The van der Waals surface area contributed by atoms with Gasteiger partial charge < -0.3 is 14.4 Å². The number of rotatable bonds is 5. The zero-order valence-corrected chi connectivity index (χ0v) is 13.7. The molecule has 0 radical (unpaired) electrons. The maximum atomic E-state index is 12.4. The number of carbonyl (C=O) groups is 2. The maximum absolute atomic E-state index is 12.4. The monoisotopic (exact) mass is 317 g/mol. The number of carbonyl (C=O) groups excluding carboxylic acids is 2. The number of esters is 1. The smallest absolute Gasteiger partial charge is 0.332 e. The largest absolute Gasteiger partial charge is 0.493 e. The Hall–Kier alpha value is -2.04. The number of fused-ring (bicyclic) bond motifs is 1. The molecule has 1 amide bonds. The Bertz CT molecular complexity index is 615. The van der Waals surface area contributed by atoms with Crippen LogP contribution >= 0.6 is 0 Å². The summed E-state index contributed by atoms with van der Waals surface area (Å²) in [5.41, 5.74) is 0.390. The predicted molar refractivity (Wildman–Crippen MR) is 85.1 cm³/mol. The first-order valence-electron chi connectivity index (χ1n) is 8.22. The topological polar surface area (TPSA) is 55.8 Å². The lowest BCUT2D eigenvalue weighted by Gasteiger charge is -2.28. The average molecular weight is 317 g/mol. The first-order chi connectivity index (χ1) is 11.0. The van der Waals surface area contributed by atoms with Crippen molar-refractivity contribution in [3.05, 3.63) is 29.8 Å². The first-order valence-corrected chi connectivity index (χ1v) is 8.22. The van der Waals surface area contributed by atoms with Crippen molar-refractivity contribution in [2.75, 3.05) is 19.8 Å². The predicted octanol–water partition coefficient (Wildman–Crippen LogP) is 2.32. The number of benzene rings is 1. The van der Waals surface area contributed by atoms with Crippen molar-refractivity contribution in [3.8, 4) is 5.75 Å². The third kappa shape index (κ3) is 2.92. The molecule has 3 rings (SSSR count). The second kappa shape index (κ2) is 6.22. The number of hydrogen-bond donors (Lipinski definition) is 0. The van der Waals surface area contributed by atoms with Crippen LogP contribution in [0.4, 0.5) is 0 Å². The highest BCUT2D eigenvalue weighted by molar-refractivity contribution is 5.92. The molecule has 0 spiro atoms. The van der Waals surface area contributed by atoms with E-state index in [4.69, 9.17) is 9.47 Å². The number of ether oxygens (including phenoxy) is 2. The minimum absolute atomic E-state index is 0.0520. The molecule has 1 aromatic carbocycles. The van der Waals surface area contributed by atoms with Crippen LogP contribution in [0.5, 0.6) is 5.75 Å². The van der Waals surface area contributed by atoms with Gasteiger partial charge in [0, 0.05) is 18.9 Å². The van der Waals surface area contributed by atoms with Gasteiger partial charge in [0.05, 0.1) is 13.2 Å². The fourth-order valence-electron chi connectivity index (χ4n) is 3.70. The summed E-state index contributed by atoms with van der Waals surface area (Å²) in [6.45, 7) is 5.24. The molecule has 5 heteroatoms. The summed E-state index contributed by atoms with van der Waals surface area (Å²) < 4.78 is 11.1. The van der Waals surface area contributed by atoms with Crippen molar-refractivity contribution < 1.29 is 19.1 Å². The van der Waals surface area contributed by atoms with Gasteiger partial charge in [-0.25, -0.2) is 4.79 Å². The molecule has 2 atom stereocenters. The number of hydrogen-bond acceptors (Lipinski definition) is 4. The molecular weight excluding hydrogens is 294 g/mol. The zero-order chi connectivity index (χ0) is 16.4. The highest BCUT2D eigenvalue weighted by atomic mass is 16.5. The van der Waals surface area contributed by atoms with Gasteiger partial charge in [0.25, 0.3) is 0 Å². The van der Waals surface area contributed by atoms with E-state index >= 15 is 0 Å². The number of amides is 1. The summed E-state index contributed by atoms with van der Waals surface area (Å²) in [4.78, 5) is 26.2. The van der Waals surface area contributed by atoms with E-state index < -0.39 is 5.54 Å². The summed E-state index contributed by atoms with van der Waals surface area (Å²) >= 11 is 0. The molecule has 0 bridgehead atoms. The van der Waals surface area contributed by atoms with Crippen LogP contribution in [0.25, 0.3) is 0 Å². The SMILES string of the molecule is CCOC(=O)C12CCC(=O)N1CC(COc1cccc(C)c1)C2. The van der Waals surface area contributed by atoms with E-state index in [-0.39, 0.29) is 17.8 Å². The van der Waals surface area contributed by atoms with E-state index in [0.29, 0.717) is 39.0 Å². The molecule has 0 aromatic heterocycles. The van der Waals surface area contributed by atoms with Gasteiger partial charge in [-0.2, -0.15) is 0 Å². The Balaban J connectivity index is 1.67. The van der Waals surface area contributed by atoms with Crippen LogP contribution in [0.1, 0.15) is 31.7 Å². The molecule has 0 saturated carbocycles. The van der Waals surface area contributed by atoms with Crippen molar-refractivity contribution in [2.45, 2.75) is 38.6 Å². The second-order valence-electron chi connectivity index (χ2n) is 6.45. The van der Waals surface area contributed by atoms with Gasteiger partial charge in [-0.15, -0.1) is 0 Å². The molecule has 2 aliphatic rings. The fourth-order valence-corrected chi connectivity index (χ4v) is 3.70. The molecular formula is C18H23NO4. The quantitative estimate of drug-likeness (QED) is 0.782. The van der Waals surface area contributed by atoms with Gasteiger partial charge in [-0.1, -0.05) is 12.1 Å². The Labute approximate surface area is 136 Å². The third-order valence-electron chi connectivity index (χ3n) is 4.77. The van der Waals surface area contributed by atoms with Gasteiger partial charge in [-0.3, -0.25) is 4.79 Å². The van der Waals surface area contributed by atoms with Gasteiger partial charge in [-0.05, 0) is 44.4 Å². The minimum atomic E-state index is -0.756. The van der Waals surface area contributed by atoms with Crippen LogP contribution in [-0.2, 0) is 14.3 Å². The Morgan fingerprint density at radius 3 is 3.00 bits per heavy atom. The molecule has 2 heterocycles. The minimum Gasteiger partial charge on any atom is -0.493 e. The molecule has 0 aliphatic carbocycles. The van der Waals surface area contributed by atoms with E-state index in [0.717, 1.165) is 11.3 Å². The molecule has 2 fully saturated rings. The third-order valence-corrected chi connectivity index (χ3v) is 4.77. The summed E-state index contributed by atoms with van der Waals surface area (Å²) in [5.74, 6) is 0.776. The average Bonchev–Trinajstić information content (AvgIpc) is 3.04. The molecule has 124 valence electrons. The Morgan fingerprint density at radius 2 is 2.26 bits per heavy atom. The summed E-state index contributed by atoms with van der Waals surface area (Å²) in [6.07, 6.45) is 1.62.